The Morgan fingerprint density at radius 1 is 1.47 bits per heavy atom. The number of hydrogen-bond donors (Lipinski definition) is 1. The van der Waals surface area contributed by atoms with Gasteiger partial charge in [-0.3, -0.25) is 0 Å². The van der Waals surface area contributed by atoms with Crippen molar-refractivity contribution in [2.24, 2.45) is 0 Å². The van der Waals surface area contributed by atoms with Gasteiger partial charge >= 0.3 is 6.18 Å². The van der Waals surface area contributed by atoms with Crippen LogP contribution in [0.25, 0.3) is 0 Å². The maximum atomic E-state index is 11.9. The van der Waals surface area contributed by atoms with E-state index in [1.165, 1.54) is 11.3 Å². The maximum absolute atomic E-state index is 11.9. The van der Waals surface area contributed by atoms with Crippen LogP contribution in [-0.2, 0) is 0 Å². The summed E-state index contributed by atoms with van der Waals surface area (Å²) in [5.74, 6) is 0. The average Bonchev–Trinajstić information content (AvgIpc) is 2.49. The van der Waals surface area contributed by atoms with Crippen LogP contribution in [0, 0.1) is 0 Å². The first-order valence-corrected chi connectivity index (χ1v) is 5.63. The quantitative estimate of drug-likeness (QED) is 0.860. The van der Waals surface area contributed by atoms with Crippen molar-refractivity contribution >= 4 is 22.9 Å². The van der Waals surface area contributed by atoms with E-state index in [9.17, 15) is 13.2 Å². The lowest BCUT2D eigenvalue weighted by Gasteiger charge is -2.12. The third kappa shape index (κ3) is 4.86. The molecular formula is C9H11ClF3NS. The lowest BCUT2D eigenvalue weighted by molar-refractivity contribution is -0.133. The molecule has 1 aromatic heterocycles. The third-order valence-electron chi connectivity index (χ3n) is 1.88. The molecule has 1 atom stereocenters. The monoisotopic (exact) mass is 257 g/mol. The van der Waals surface area contributed by atoms with E-state index in [0.717, 1.165) is 4.88 Å². The Labute approximate surface area is 95.2 Å². The van der Waals surface area contributed by atoms with Gasteiger partial charge < -0.3 is 5.32 Å². The van der Waals surface area contributed by atoms with Crippen LogP contribution >= 0.6 is 22.9 Å². The number of rotatable bonds is 4. The van der Waals surface area contributed by atoms with E-state index in [2.05, 4.69) is 5.32 Å². The summed E-state index contributed by atoms with van der Waals surface area (Å²) in [5.41, 5.74) is 0. The summed E-state index contributed by atoms with van der Waals surface area (Å²) in [7, 11) is 0. The van der Waals surface area contributed by atoms with Gasteiger partial charge in [0.25, 0.3) is 0 Å². The molecule has 1 unspecified atom stereocenters. The highest BCUT2D eigenvalue weighted by molar-refractivity contribution is 7.16. The first-order chi connectivity index (χ1) is 6.88. The molecule has 86 valence electrons. The molecule has 0 aromatic carbocycles. The minimum absolute atomic E-state index is 0.0693. The summed E-state index contributed by atoms with van der Waals surface area (Å²) >= 11 is 7.10. The highest BCUT2D eigenvalue weighted by Gasteiger charge is 2.26. The van der Waals surface area contributed by atoms with Crippen molar-refractivity contribution < 1.29 is 13.2 Å². The zero-order chi connectivity index (χ0) is 11.5. The molecule has 0 saturated carbocycles. The molecule has 0 amide bonds. The summed E-state index contributed by atoms with van der Waals surface area (Å²) in [5, 5.41) is 2.80. The molecule has 0 aliphatic carbocycles. The normalized spacial score (nSPS) is 14.2. The van der Waals surface area contributed by atoms with Crippen LogP contribution in [-0.4, -0.2) is 12.7 Å². The Bertz CT molecular complexity index is 311. The molecular weight excluding hydrogens is 247 g/mol. The third-order valence-corrected chi connectivity index (χ3v) is 3.29. The Hall–Kier alpha value is -0.260. The topological polar surface area (TPSA) is 12.0 Å². The van der Waals surface area contributed by atoms with Crippen molar-refractivity contribution in [2.45, 2.75) is 25.6 Å². The number of nitrogens with one attached hydrogen (secondary N) is 1. The Morgan fingerprint density at radius 2 is 2.13 bits per heavy atom. The van der Waals surface area contributed by atoms with Crippen molar-refractivity contribution in [3.63, 3.8) is 0 Å². The second-order valence-corrected chi connectivity index (χ2v) is 4.93. The van der Waals surface area contributed by atoms with Crippen molar-refractivity contribution in [1.29, 1.82) is 0 Å². The molecule has 0 radical (unpaired) electrons. The van der Waals surface area contributed by atoms with E-state index in [1.807, 2.05) is 13.0 Å². The van der Waals surface area contributed by atoms with Gasteiger partial charge in [-0.15, -0.1) is 11.3 Å². The predicted molar refractivity (Wildman–Crippen MR) is 56.4 cm³/mol. The maximum Gasteiger partial charge on any atom is 0.390 e. The first kappa shape index (κ1) is 12.8. The summed E-state index contributed by atoms with van der Waals surface area (Å²) < 4.78 is 36.2. The smallest absolute Gasteiger partial charge is 0.309 e. The van der Waals surface area contributed by atoms with Gasteiger partial charge in [-0.25, -0.2) is 0 Å². The number of halogens is 4. The molecule has 0 bridgehead atoms. The van der Waals surface area contributed by atoms with E-state index in [-0.39, 0.29) is 12.6 Å². The van der Waals surface area contributed by atoms with Crippen molar-refractivity contribution in [2.75, 3.05) is 6.54 Å². The highest BCUT2D eigenvalue weighted by atomic mass is 35.5. The molecule has 0 fully saturated rings. The molecule has 0 aliphatic heterocycles. The van der Waals surface area contributed by atoms with Crippen LogP contribution in [0.1, 0.15) is 24.3 Å². The standard InChI is InChI=1S/C9H11ClF3NS/c1-6(7-2-3-8(10)15-7)14-5-4-9(11,12)13/h2-3,6,14H,4-5H2,1H3. The SMILES string of the molecule is CC(NCCC(F)(F)F)c1ccc(Cl)s1. The van der Waals surface area contributed by atoms with Gasteiger partial charge in [-0.05, 0) is 19.1 Å². The minimum Gasteiger partial charge on any atom is -0.309 e. The fourth-order valence-electron chi connectivity index (χ4n) is 1.09. The molecule has 0 aliphatic rings. The van der Waals surface area contributed by atoms with E-state index in [1.54, 1.807) is 6.07 Å². The van der Waals surface area contributed by atoms with Crippen molar-refractivity contribution in [1.82, 2.24) is 5.32 Å². The van der Waals surface area contributed by atoms with E-state index in [0.29, 0.717) is 4.34 Å². The predicted octanol–water partition coefficient (Wildman–Crippen LogP) is 4.00. The summed E-state index contributed by atoms with van der Waals surface area (Å²) in [4.78, 5) is 0.946. The van der Waals surface area contributed by atoms with Gasteiger partial charge in [0.2, 0.25) is 0 Å². The molecule has 1 N–H and O–H groups in total. The summed E-state index contributed by atoms with van der Waals surface area (Å²) in [6.07, 6.45) is -4.91. The van der Waals surface area contributed by atoms with Gasteiger partial charge in [-0.1, -0.05) is 11.6 Å². The summed E-state index contributed by atoms with van der Waals surface area (Å²) in [6.45, 7) is 1.75. The van der Waals surface area contributed by atoms with Crippen molar-refractivity contribution in [3.8, 4) is 0 Å². The fraction of sp³-hybridized carbons (Fsp3) is 0.556. The summed E-state index contributed by atoms with van der Waals surface area (Å²) in [6, 6.07) is 3.46. The Balaban J connectivity index is 2.34. The second-order valence-electron chi connectivity index (χ2n) is 3.18. The van der Waals surface area contributed by atoms with Gasteiger partial charge in [0.1, 0.15) is 0 Å². The van der Waals surface area contributed by atoms with Crippen LogP contribution in [0.5, 0.6) is 0 Å². The van der Waals surface area contributed by atoms with Gasteiger partial charge in [0.05, 0.1) is 10.8 Å². The van der Waals surface area contributed by atoms with E-state index < -0.39 is 12.6 Å². The van der Waals surface area contributed by atoms with Crippen LogP contribution in [0.2, 0.25) is 4.34 Å². The lowest BCUT2D eigenvalue weighted by Crippen LogP contribution is -2.23. The van der Waals surface area contributed by atoms with Crippen LogP contribution in [0.4, 0.5) is 13.2 Å². The number of alkyl halides is 3. The Morgan fingerprint density at radius 3 is 2.60 bits per heavy atom. The minimum atomic E-state index is -4.10. The average molecular weight is 258 g/mol. The highest BCUT2D eigenvalue weighted by Crippen LogP contribution is 2.27. The zero-order valence-corrected chi connectivity index (χ0v) is 9.64. The zero-order valence-electron chi connectivity index (χ0n) is 8.07. The van der Waals surface area contributed by atoms with Crippen LogP contribution < -0.4 is 5.32 Å². The molecule has 0 saturated heterocycles. The molecule has 0 spiro atoms. The van der Waals surface area contributed by atoms with Gasteiger partial charge in [0, 0.05) is 17.5 Å². The Kier molecular flexibility index (Phi) is 4.43. The molecule has 6 heteroatoms. The molecule has 1 heterocycles. The molecule has 1 nitrogen and oxygen atoms in total. The van der Waals surface area contributed by atoms with Crippen molar-refractivity contribution in [3.05, 3.63) is 21.3 Å². The van der Waals surface area contributed by atoms with Crippen LogP contribution in [0.15, 0.2) is 12.1 Å². The van der Waals surface area contributed by atoms with E-state index in [4.69, 9.17) is 11.6 Å². The first-order valence-electron chi connectivity index (χ1n) is 4.44. The second kappa shape index (κ2) is 5.18. The van der Waals surface area contributed by atoms with E-state index >= 15 is 0 Å². The number of hydrogen-bond acceptors (Lipinski definition) is 2. The van der Waals surface area contributed by atoms with Gasteiger partial charge in [0.15, 0.2) is 0 Å². The molecule has 15 heavy (non-hydrogen) atoms. The number of thiophene rings is 1. The van der Waals surface area contributed by atoms with Gasteiger partial charge in [-0.2, -0.15) is 13.2 Å². The fourth-order valence-corrected chi connectivity index (χ4v) is 2.18. The molecule has 1 aromatic rings. The lowest BCUT2D eigenvalue weighted by atomic mass is 10.2. The molecule has 1 rings (SSSR count). The van der Waals surface area contributed by atoms with Crippen LogP contribution in [0.3, 0.4) is 0 Å². The largest absolute Gasteiger partial charge is 0.390 e.